The molecule has 2 nitrogen and oxygen atoms in total. The van der Waals surface area contributed by atoms with E-state index in [1.165, 1.54) is 6.42 Å². The van der Waals surface area contributed by atoms with Gasteiger partial charge in [-0.2, -0.15) is 0 Å². The molecule has 2 rings (SSSR count). The minimum Gasteiger partial charge on any atom is -0.495 e. The van der Waals surface area contributed by atoms with Crippen LogP contribution in [0.15, 0.2) is 22.7 Å². The van der Waals surface area contributed by atoms with Gasteiger partial charge < -0.3 is 9.84 Å². The molecule has 3 heteroatoms. The second-order valence-corrected chi connectivity index (χ2v) is 4.97. The van der Waals surface area contributed by atoms with E-state index in [2.05, 4.69) is 22.0 Å². The number of halogens is 1. The van der Waals surface area contributed by atoms with E-state index in [-0.39, 0.29) is 12.0 Å². The Morgan fingerprint density at radius 3 is 2.67 bits per heavy atom. The summed E-state index contributed by atoms with van der Waals surface area (Å²) < 4.78 is 6.36. The van der Waals surface area contributed by atoms with E-state index in [1.807, 2.05) is 12.1 Å². The SMILES string of the molecule is COc1c(Br)cccc1C1(CO)CCC1. The molecule has 0 bridgehead atoms. The number of ether oxygens (including phenoxy) is 1. The molecule has 0 spiro atoms. The van der Waals surface area contributed by atoms with Gasteiger partial charge in [-0.15, -0.1) is 0 Å². The Bertz CT molecular complexity index is 353. The van der Waals surface area contributed by atoms with Gasteiger partial charge in [0.25, 0.3) is 0 Å². The average molecular weight is 271 g/mol. The number of rotatable bonds is 3. The molecule has 1 saturated carbocycles. The Balaban J connectivity index is 2.46. The summed E-state index contributed by atoms with van der Waals surface area (Å²) >= 11 is 3.48. The van der Waals surface area contributed by atoms with E-state index in [4.69, 9.17) is 4.74 Å². The van der Waals surface area contributed by atoms with Crippen LogP contribution in [0.4, 0.5) is 0 Å². The van der Waals surface area contributed by atoms with E-state index >= 15 is 0 Å². The third-order valence-corrected chi connectivity index (χ3v) is 3.98. The number of aliphatic hydroxyl groups excluding tert-OH is 1. The molecule has 1 aliphatic rings. The lowest BCUT2D eigenvalue weighted by Crippen LogP contribution is -2.38. The van der Waals surface area contributed by atoms with Gasteiger partial charge in [-0.05, 0) is 34.8 Å². The first-order chi connectivity index (χ1) is 7.23. The van der Waals surface area contributed by atoms with Crippen LogP contribution in [0.5, 0.6) is 5.75 Å². The van der Waals surface area contributed by atoms with Crippen molar-refractivity contribution in [2.75, 3.05) is 13.7 Å². The zero-order chi connectivity index (χ0) is 10.9. The molecule has 0 atom stereocenters. The van der Waals surface area contributed by atoms with Crippen LogP contribution in [-0.4, -0.2) is 18.8 Å². The molecular weight excluding hydrogens is 256 g/mol. The highest BCUT2D eigenvalue weighted by Crippen LogP contribution is 2.48. The van der Waals surface area contributed by atoms with Gasteiger partial charge in [0.05, 0.1) is 18.2 Å². The number of hydrogen-bond acceptors (Lipinski definition) is 2. The van der Waals surface area contributed by atoms with Gasteiger partial charge in [0.15, 0.2) is 0 Å². The van der Waals surface area contributed by atoms with Crippen LogP contribution in [0.3, 0.4) is 0 Å². The Labute approximate surface area is 98.4 Å². The minimum atomic E-state index is -0.0604. The first-order valence-electron chi connectivity index (χ1n) is 5.17. The fourth-order valence-electron chi connectivity index (χ4n) is 2.25. The van der Waals surface area contributed by atoms with Gasteiger partial charge >= 0.3 is 0 Å². The summed E-state index contributed by atoms with van der Waals surface area (Å²) in [5.41, 5.74) is 1.07. The van der Waals surface area contributed by atoms with Crippen LogP contribution in [-0.2, 0) is 5.41 Å². The maximum Gasteiger partial charge on any atom is 0.136 e. The first kappa shape index (κ1) is 11.0. The highest BCUT2D eigenvalue weighted by Gasteiger charge is 2.40. The average Bonchev–Trinajstić information content (AvgIpc) is 2.17. The van der Waals surface area contributed by atoms with Crippen molar-refractivity contribution in [1.82, 2.24) is 0 Å². The fraction of sp³-hybridized carbons (Fsp3) is 0.500. The highest BCUT2D eigenvalue weighted by molar-refractivity contribution is 9.10. The molecule has 0 radical (unpaired) electrons. The lowest BCUT2D eigenvalue weighted by atomic mass is 9.65. The third-order valence-electron chi connectivity index (χ3n) is 3.36. The quantitative estimate of drug-likeness (QED) is 0.916. The molecule has 0 unspecified atom stereocenters. The Hall–Kier alpha value is -0.540. The van der Waals surface area contributed by atoms with Crippen LogP contribution in [0.2, 0.25) is 0 Å². The molecule has 1 aromatic rings. The molecular formula is C12H15BrO2. The summed E-state index contributed by atoms with van der Waals surface area (Å²) in [7, 11) is 1.67. The largest absolute Gasteiger partial charge is 0.495 e. The smallest absolute Gasteiger partial charge is 0.136 e. The van der Waals surface area contributed by atoms with Crippen molar-refractivity contribution in [3.8, 4) is 5.75 Å². The Morgan fingerprint density at radius 1 is 1.47 bits per heavy atom. The second-order valence-electron chi connectivity index (χ2n) is 4.11. The summed E-state index contributed by atoms with van der Waals surface area (Å²) in [5, 5.41) is 9.53. The molecule has 15 heavy (non-hydrogen) atoms. The lowest BCUT2D eigenvalue weighted by molar-refractivity contribution is 0.117. The van der Waals surface area contributed by atoms with Gasteiger partial charge in [0.1, 0.15) is 5.75 Å². The zero-order valence-corrected chi connectivity index (χ0v) is 10.4. The Morgan fingerprint density at radius 2 is 2.20 bits per heavy atom. The molecule has 0 amide bonds. The van der Waals surface area contributed by atoms with E-state index < -0.39 is 0 Å². The number of aliphatic hydroxyl groups is 1. The van der Waals surface area contributed by atoms with Gasteiger partial charge in [-0.3, -0.25) is 0 Å². The molecule has 1 aliphatic carbocycles. The normalized spacial score (nSPS) is 18.3. The van der Waals surface area contributed by atoms with Gasteiger partial charge in [0, 0.05) is 11.0 Å². The maximum atomic E-state index is 9.53. The molecule has 0 aromatic heterocycles. The van der Waals surface area contributed by atoms with E-state index in [1.54, 1.807) is 7.11 Å². The van der Waals surface area contributed by atoms with Crippen molar-refractivity contribution in [3.05, 3.63) is 28.2 Å². The van der Waals surface area contributed by atoms with Gasteiger partial charge in [0.2, 0.25) is 0 Å². The van der Waals surface area contributed by atoms with E-state index in [0.29, 0.717) is 0 Å². The first-order valence-corrected chi connectivity index (χ1v) is 5.97. The lowest BCUT2D eigenvalue weighted by Gasteiger charge is -2.41. The summed E-state index contributed by atoms with van der Waals surface area (Å²) in [4.78, 5) is 0. The van der Waals surface area contributed by atoms with Crippen molar-refractivity contribution in [2.24, 2.45) is 0 Å². The maximum absolute atomic E-state index is 9.53. The van der Waals surface area contributed by atoms with Gasteiger partial charge in [-0.1, -0.05) is 18.6 Å². The summed E-state index contributed by atoms with van der Waals surface area (Å²) in [6, 6.07) is 6.02. The number of para-hydroxylation sites is 1. The molecule has 0 saturated heterocycles. The van der Waals surface area contributed by atoms with Crippen molar-refractivity contribution in [3.63, 3.8) is 0 Å². The molecule has 1 N–H and O–H groups in total. The number of hydrogen-bond donors (Lipinski definition) is 1. The second kappa shape index (κ2) is 4.14. The standard InChI is InChI=1S/C12H15BrO2/c1-15-11-9(4-2-5-10(11)13)12(8-14)6-3-7-12/h2,4-5,14H,3,6-8H2,1H3. The van der Waals surface area contributed by atoms with E-state index in [0.717, 1.165) is 28.6 Å². The number of benzene rings is 1. The summed E-state index contributed by atoms with van der Waals surface area (Å²) in [5.74, 6) is 0.867. The van der Waals surface area contributed by atoms with E-state index in [9.17, 15) is 5.11 Å². The summed E-state index contributed by atoms with van der Waals surface area (Å²) in [6.07, 6.45) is 3.29. The van der Waals surface area contributed by atoms with Crippen LogP contribution in [0.25, 0.3) is 0 Å². The minimum absolute atomic E-state index is 0.0604. The predicted molar refractivity (Wildman–Crippen MR) is 63.3 cm³/mol. The predicted octanol–water partition coefficient (Wildman–Crippen LogP) is 2.87. The molecule has 0 aliphatic heterocycles. The van der Waals surface area contributed by atoms with Crippen LogP contribution in [0.1, 0.15) is 24.8 Å². The number of methoxy groups -OCH3 is 1. The van der Waals surface area contributed by atoms with Crippen LogP contribution >= 0.6 is 15.9 Å². The van der Waals surface area contributed by atoms with Crippen LogP contribution in [0, 0.1) is 0 Å². The van der Waals surface area contributed by atoms with Crippen LogP contribution < -0.4 is 4.74 Å². The molecule has 1 fully saturated rings. The monoisotopic (exact) mass is 270 g/mol. The highest BCUT2D eigenvalue weighted by atomic mass is 79.9. The zero-order valence-electron chi connectivity index (χ0n) is 8.79. The third kappa shape index (κ3) is 1.68. The topological polar surface area (TPSA) is 29.5 Å². The molecule has 0 heterocycles. The van der Waals surface area contributed by atoms with Crippen molar-refractivity contribution in [2.45, 2.75) is 24.7 Å². The van der Waals surface area contributed by atoms with Crippen molar-refractivity contribution in [1.29, 1.82) is 0 Å². The van der Waals surface area contributed by atoms with Crippen molar-refractivity contribution >= 4 is 15.9 Å². The van der Waals surface area contributed by atoms with Crippen molar-refractivity contribution < 1.29 is 9.84 Å². The fourth-order valence-corrected chi connectivity index (χ4v) is 2.78. The van der Waals surface area contributed by atoms with Gasteiger partial charge in [-0.25, -0.2) is 0 Å². The molecule has 82 valence electrons. The summed E-state index contributed by atoms with van der Waals surface area (Å²) in [6.45, 7) is 0.208. The molecule has 1 aromatic carbocycles. The Kier molecular flexibility index (Phi) is 3.03.